The minimum Gasteiger partial charge on any atom is -0.458 e. The summed E-state index contributed by atoms with van der Waals surface area (Å²) in [7, 11) is 0. The lowest BCUT2D eigenvalue weighted by Crippen LogP contribution is -2.39. The monoisotopic (exact) mass is 371 g/mol. The zero-order chi connectivity index (χ0) is 18.7. The summed E-state index contributed by atoms with van der Waals surface area (Å²) in [6, 6.07) is 7.57. The van der Waals surface area contributed by atoms with E-state index in [4.69, 9.17) is 4.74 Å². The van der Waals surface area contributed by atoms with E-state index < -0.39 is 12.0 Å². The van der Waals surface area contributed by atoms with Crippen molar-refractivity contribution in [2.24, 2.45) is 0 Å². The molecule has 0 saturated carbocycles. The highest BCUT2D eigenvalue weighted by Crippen LogP contribution is 2.08. The van der Waals surface area contributed by atoms with Crippen LogP contribution in [0.1, 0.15) is 28.5 Å². The van der Waals surface area contributed by atoms with Crippen molar-refractivity contribution in [2.45, 2.75) is 26.5 Å². The van der Waals surface area contributed by atoms with Gasteiger partial charge in [0.1, 0.15) is 12.6 Å². The fourth-order valence-corrected chi connectivity index (χ4v) is 3.10. The molecule has 0 bridgehead atoms. The Bertz CT molecular complexity index is 1020. The van der Waals surface area contributed by atoms with Crippen LogP contribution in [0.5, 0.6) is 0 Å². The number of rotatable bonds is 5. The second-order valence-electron chi connectivity index (χ2n) is 5.81. The molecule has 0 aliphatic rings. The molecule has 0 spiro atoms. The van der Waals surface area contributed by atoms with Crippen molar-refractivity contribution in [3.63, 3.8) is 0 Å². The minimum absolute atomic E-state index is 0.132. The largest absolute Gasteiger partial charge is 0.458 e. The third-order valence-electron chi connectivity index (χ3n) is 3.70. The van der Waals surface area contributed by atoms with Crippen LogP contribution >= 0.6 is 11.3 Å². The van der Waals surface area contributed by atoms with Gasteiger partial charge in [-0.1, -0.05) is 17.7 Å². The number of fused-ring (bicyclic) bond motifs is 1. The quantitative estimate of drug-likeness (QED) is 0.692. The Morgan fingerprint density at radius 1 is 1.35 bits per heavy atom. The average Bonchev–Trinajstić information content (AvgIpc) is 3.08. The number of benzene rings is 1. The zero-order valence-electron chi connectivity index (χ0n) is 14.3. The molecule has 1 N–H and O–H groups in total. The van der Waals surface area contributed by atoms with Gasteiger partial charge in [-0.3, -0.25) is 14.0 Å². The van der Waals surface area contributed by atoms with E-state index in [0.29, 0.717) is 16.2 Å². The van der Waals surface area contributed by atoms with Gasteiger partial charge in [0.25, 0.3) is 11.5 Å². The standard InChI is InChI=1S/C18H17N3O4S/c1-11-4-3-5-13(8-11)16(23)19-12(2)17(24)25-10-14-9-15(22)21-6-7-26-18(21)20-14/h3-9,12H,10H2,1-2H3,(H,19,23)/t12-/m0/s1. The van der Waals surface area contributed by atoms with Gasteiger partial charge >= 0.3 is 5.97 Å². The Labute approximate surface area is 153 Å². The van der Waals surface area contributed by atoms with Crippen LogP contribution in [0.15, 0.2) is 46.7 Å². The van der Waals surface area contributed by atoms with Gasteiger partial charge in [0.15, 0.2) is 4.96 Å². The number of nitrogens with zero attached hydrogens (tertiary/aromatic N) is 2. The molecule has 26 heavy (non-hydrogen) atoms. The molecule has 1 aromatic carbocycles. The molecule has 0 unspecified atom stereocenters. The van der Waals surface area contributed by atoms with Gasteiger partial charge in [-0.25, -0.2) is 9.78 Å². The molecular weight excluding hydrogens is 354 g/mol. The SMILES string of the molecule is Cc1cccc(C(=O)N[C@@H](C)C(=O)OCc2cc(=O)n3ccsc3n2)c1. The van der Waals surface area contributed by atoms with Crippen molar-refractivity contribution in [3.05, 3.63) is 69.1 Å². The van der Waals surface area contributed by atoms with E-state index in [0.717, 1.165) is 5.56 Å². The van der Waals surface area contributed by atoms with E-state index in [1.165, 1.54) is 21.8 Å². The van der Waals surface area contributed by atoms with Crippen LogP contribution in [0.4, 0.5) is 0 Å². The summed E-state index contributed by atoms with van der Waals surface area (Å²) in [5.41, 5.74) is 1.56. The number of nitrogens with one attached hydrogen (secondary N) is 1. The zero-order valence-corrected chi connectivity index (χ0v) is 15.1. The van der Waals surface area contributed by atoms with Crippen LogP contribution in [-0.4, -0.2) is 27.3 Å². The van der Waals surface area contributed by atoms with Crippen LogP contribution in [0.2, 0.25) is 0 Å². The number of aryl methyl sites for hydroxylation is 1. The molecule has 3 aromatic rings. The van der Waals surface area contributed by atoms with Crippen LogP contribution in [0.25, 0.3) is 4.96 Å². The smallest absolute Gasteiger partial charge is 0.328 e. The number of hydrogen-bond acceptors (Lipinski definition) is 6. The van der Waals surface area contributed by atoms with E-state index in [9.17, 15) is 14.4 Å². The number of amides is 1. The predicted molar refractivity (Wildman–Crippen MR) is 97.2 cm³/mol. The van der Waals surface area contributed by atoms with Gasteiger partial charge in [-0.05, 0) is 26.0 Å². The maximum atomic E-state index is 12.2. The summed E-state index contributed by atoms with van der Waals surface area (Å²) in [6.45, 7) is 3.29. The number of aromatic nitrogens is 2. The average molecular weight is 371 g/mol. The summed E-state index contributed by atoms with van der Waals surface area (Å²) >= 11 is 1.32. The van der Waals surface area contributed by atoms with Crippen molar-refractivity contribution < 1.29 is 14.3 Å². The molecule has 0 radical (unpaired) electrons. The van der Waals surface area contributed by atoms with Crippen molar-refractivity contribution in [1.29, 1.82) is 0 Å². The fraction of sp³-hybridized carbons (Fsp3) is 0.222. The van der Waals surface area contributed by atoms with Gasteiger partial charge in [0.05, 0.1) is 5.69 Å². The molecule has 1 atom stereocenters. The Kier molecular flexibility index (Phi) is 5.13. The van der Waals surface area contributed by atoms with Crippen LogP contribution < -0.4 is 10.9 Å². The van der Waals surface area contributed by atoms with Gasteiger partial charge in [-0.15, -0.1) is 11.3 Å². The van der Waals surface area contributed by atoms with E-state index in [2.05, 4.69) is 10.3 Å². The van der Waals surface area contributed by atoms with Crippen LogP contribution in [0.3, 0.4) is 0 Å². The fourth-order valence-electron chi connectivity index (χ4n) is 2.36. The normalized spacial score (nSPS) is 11.9. The highest BCUT2D eigenvalue weighted by atomic mass is 32.1. The second-order valence-corrected chi connectivity index (χ2v) is 6.69. The minimum atomic E-state index is -0.824. The van der Waals surface area contributed by atoms with Gasteiger partial charge in [0.2, 0.25) is 0 Å². The number of carbonyl (C=O) groups is 2. The molecule has 2 heterocycles. The molecule has 0 aliphatic carbocycles. The third-order valence-corrected chi connectivity index (χ3v) is 4.46. The topological polar surface area (TPSA) is 89.8 Å². The molecule has 1 amide bonds. The van der Waals surface area contributed by atoms with Crippen LogP contribution in [-0.2, 0) is 16.1 Å². The number of esters is 1. The Balaban J connectivity index is 1.60. The van der Waals surface area contributed by atoms with Crippen molar-refractivity contribution in [3.8, 4) is 0 Å². The molecule has 0 saturated heterocycles. The van der Waals surface area contributed by atoms with Crippen LogP contribution in [0, 0.1) is 6.92 Å². The lowest BCUT2D eigenvalue weighted by Gasteiger charge is -2.13. The lowest BCUT2D eigenvalue weighted by molar-refractivity contribution is -0.146. The summed E-state index contributed by atoms with van der Waals surface area (Å²) < 4.78 is 6.59. The number of thiazole rings is 1. The number of carbonyl (C=O) groups excluding carboxylic acids is 2. The first kappa shape index (κ1) is 17.8. The first-order chi connectivity index (χ1) is 12.4. The molecule has 134 valence electrons. The summed E-state index contributed by atoms with van der Waals surface area (Å²) in [4.78, 5) is 41.0. The summed E-state index contributed by atoms with van der Waals surface area (Å²) in [6.07, 6.45) is 1.63. The molecule has 7 nitrogen and oxygen atoms in total. The first-order valence-electron chi connectivity index (χ1n) is 7.94. The lowest BCUT2D eigenvalue weighted by atomic mass is 10.1. The Hall–Kier alpha value is -3.00. The van der Waals surface area contributed by atoms with Crippen molar-refractivity contribution in [2.75, 3.05) is 0 Å². The highest BCUT2D eigenvalue weighted by Gasteiger charge is 2.18. The number of ether oxygens (including phenoxy) is 1. The van der Waals surface area contributed by atoms with Gasteiger partial charge in [0, 0.05) is 23.2 Å². The second kappa shape index (κ2) is 7.49. The molecule has 8 heteroatoms. The molecule has 0 aliphatic heterocycles. The third kappa shape index (κ3) is 3.97. The Morgan fingerprint density at radius 2 is 2.15 bits per heavy atom. The van der Waals surface area contributed by atoms with E-state index >= 15 is 0 Å². The molecule has 3 rings (SSSR count). The first-order valence-corrected chi connectivity index (χ1v) is 8.82. The molecule has 2 aromatic heterocycles. The van der Waals surface area contributed by atoms with E-state index in [1.807, 2.05) is 13.0 Å². The maximum Gasteiger partial charge on any atom is 0.328 e. The summed E-state index contributed by atoms with van der Waals surface area (Å²) in [5.74, 6) is -0.950. The predicted octanol–water partition coefficient (Wildman–Crippen LogP) is 1.93. The molecular formula is C18H17N3O4S. The summed E-state index contributed by atoms with van der Waals surface area (Å²) in [5, 5.41) is 4.35. The van der Waals surface area contributed by atoms with Crippen molar-refractivity contribution in [1.82, 2.24) is 14.7 Å². The van der Waals surface area contributed by atoms with Crippen molar-refractivity contribution >= 4 is 28.2 Å². The van der Waals surface area contributed by atoms with Gasteiger partial charge < -0.3 is 10.1 Å². The molecule has 0 fully saturated rings. The van der Waals surface area contributed by atoms with E-state index in [1.54, 1.807) is 36.7 Å². The highest BCUT2D eigenvalue weighted by molar-refractivity contribution is 7.15. The number of hydrogen-bond donors (Lipinski definition) is 1. The van der Waals surface area contributed by atoms with E-state index in [-0.39, 0.29) is 18.1 Å². The Morgan fingerprint density at radius 3 is 2.92 bits per heavy atom. The maximum absolute atomic E-state index is 12.2. The van der Waals surface area contributed by atoms with Gasteiger partial charge in [-0.2, -0.15) is 0 Å².